The lowest BCUT2D eigenvalue weighted by molar-refractivity contribution is -0.118. The second-order valence-electron chi connectivity index (χ2n) is 5.65. The summed E-state index contributed by atoms with van der Waals surface area (Å²) in [6, 6.07) is 14.5. The molecule has 1 amide bonds. The lowest BCUT2D eigenvalue weighted by Crippen LogP contribution is -2.28. The molecule has 22 heavy (non-hydrogen) atoms. The molecule has 0 radical (unpaired) electrons. The summed E-state index contributed by atoms with van der Waals surface area (Å²) >= 11 is 6.03. The number of ketones is 1. The molecule has 1 aliphatic rings. The maximum atomic E-state index is 12.7. The highest BCUT2D eigenvalue weighted by Gasteiger charge is 2.51. The quantitative estimate of drug-likeness (QED) is 0.859. The van der Waals surface area contributed by atoms with Gasteiger partial charge in [0, 0.05) is 10.6 Å². The van der Waals surface area contributed by atoms with Gasteiger partial charge in [-0.1, -0.05) is 35.9 Å². The van der Waals surface area contributed by atoms with Crippen LogP contribution in [0.4, 0.5) is 5.69 Å². The van der Waals surface area contributed by atoms with Gasteiger partial charge in [0.2, 0.25) is 5.91 Å². The highest BCUT2D eigenvalue weighted by molar-refractivity contribution is 6.30. The Labute approximate surface area is 134 Å². The van der Waals surface area contributed by atoms with Gasteiger partial charge in [-0.2, -0.15) is 0 Å². The predicted octanol–water partition coefficient (Wildman–Crippen LogP) is 4.21. The maximum Gasteiger partial charge on any atom is 0.235 e. The minimum Gasteiger partial charge on any atom is -0.325 e. The van der Waals surface area contributed by atoms with E-state index in [1.54, 1.807) is 30.3 Å². The number of hydrogen-bond acceptors (Lipinski definition) is 2. The fraction of sp³-hybridized carbons (Fsp3) is 0.222. The second kappa shape index (κ2) is 5.58. The number of Topliss-reactive ketones (excluding diaryl/α,β-unsaturated/α-hetero) is 1. The molecule has 1 fully saturated rings. The molecule has 0 spiro atoms. The molecule has 0 saturated heterocycles. The molecule has 112 valence electrons. The predicted molar refractivity (Wildman–Crippen MR) is 87.4 cm³/mol. The van der Waals surface area contributed by atoms with Gasteiger partial charge in [-0.25, -0.2) is 0 Å². The minimum absolute atomic E-state index is 0.0662. The zero-order valence-electron chi connectivity index (χ0n) is 12.2. The third-order valence-electron chi connectivity index (χ3n) is 4.12. The molecule has 1 saturated carbocycles. The Kier molecular flexibility index (Phi) is 3.75. The summed E-state index contributed by atoms with van der Waals surface area (Å²) in [5, 5.41) is 3.54. The van der Waals surface area contributed by atoms with Crippen molar-refractivity contribution in [1.29, 1.82) is 0 Å². The molecule has 0 unspecified atom stereocenters. The summed E-state index contributed by atoms with van der Waals surface area (Å²) in [6.45, 7) is 1.49. The van der Waals surface area contributed by atoms with Crippen molar-refractivity contribution in [2.75, 3.05) is 5.32 Å². The third-order valence-corrected chi connectivity index (χ3v) is 4.35. The van der Waals surface area contributed by atoms with E-state index in [-0.39, 0.29) is 11.7 Å². The fourth-order valence-corrected chi connectivity index (χ4v) is 2.89. The Morgan fingerprint density at radius 3 is 2.45 bits per heavy atom. The number of para-hydroxylation sites is 1. The Morgan fingerprint density at radius 2 is 1.82 bits per heavy atom. The molecule has 0 aliphatic heterocycles. The van der Waals surface area contributed by atoms with E-state index in [0.717, 1.165) is 18.4 Å². The van der Waals surface area contributed by atoms with E-state index >= 15 is 0 Å². The number of carbonyl (C=O) groups excluding carboxylic acids is 2. The molecule has 3 rings (SSSR count). The van der Waals surface area contributed by atoms with Crippen molar-refractivity contribution in [3.05, 3.63) is 64.7 Å². The van der Waals surface area contributed by atoms with Crippen LogP contribution in [0.5, 0.6) is 0 Å². The van der Waals surface area contributed by atoms with Crippen LogP contribution in [0.2, 0.25) is 5.02 Å². The van der Waals surface area contributed by atoms with Crippen LogP contribution < -0.4 is 5.32 Å². The van der Waals surface area contributed by atoms with Crippen molar-refractivity contribution in [2.24, 2.45) is 0 Å². The number of amides is 1. The van der Waals surface area contributed by atoms with Gasteiger partial charge in [-0.05, 0) is 49.6 Å². The van der Waals surface area contributed by atoms with E-state index in [4.69, 9.17) is 11.6 Å². The van der Waals surface area contributed by atoms with Crippen molar-refractivity contribution in [3.63, 3.8) is 0 Å². The SMILES string of the molecule is CC(=O)c1ccccc1NC(=O)C1(c2cccc(Cl)c2)CC1. The Morgan fingerprint density at radius 1 is 1.09 bits per heavy atom. The highest BCUT2D eigenvalue weighted by Crippen LogP contribution is 2.49. The fourth-order valence-electron chi connectivity index (χ4n) is 2.70. The molecule has 4 heteroatoms. The molecule has 0 aromatic heterocycles. The summed E-state index contributed by atoms with van der Waals surface area (Å²) in [5.41, 5.74) is 1.50. The van der Waals surface area contributed by atoms with Crippen LogP contribution >= 0.6 is 11.6 Å². The monoisotopic (exact) mass is 313 g/mol. The van der Waals surface area contributed by atoms with Crippen LogP contribution in [0.15, 0.2) is 48.5 Å². The van der Waals surface area contributed by atoms with Gasteiger partial charge in [0.25, 0.3) is 0 Å². The van der Waals surface area contributed by atoms with Crippen molar-refractivity contribution in [1.82, 2.24) is 0 Å². The first-order valence-electron chi connectivity index (χ1n) is 7.20. The third kappa shape index (κ3) is 2.64. The smallest absolute Gasteiger partial charge is 0.235 e. The molecule has 1 N–H and O–H groups in total. The first kappa shape index (κ1) is 14.8. The first-order chi connectivity index (χ1) is 10.5. The molecule has 2 aromatic rings. The zero-order chi connectivity index (χ0) is 15.7. The number of carbonyl (C=O) groups is 2. The van der Waals surface area contributed by atoms with Gasteiger partial charge >= 0.3 is 0 Å². The van der Waals surface area contributed by atoms with Crippen molar-refractivity contribution in [2.45, 2.75) is 25.2 Å². The van der Waals surface area contributed by atoms with Gasteiger partial charge in [-0.15, -0.1) is 0 Å². The molecular formula is C18H16ClNO2. The number of benzene rings is 2. The van der Waals surface area contributed by atoms with E-state index in [2.05, 4.69) is 5.32 Å². The van der Waals surface area contributed by atoms with E-state index in [0.29, 0.717) is 16.3 Å². The van der Waals surface area contributed by atoms with Crippen molar-refractivity contribution >= 4 is 29.0 Å². The molecule has 0 bridgehead atoms. The topological polar surface area (TPSA) is 46.2 Å². The summed E-state index contributed by atoms with van der Waals surface area (Å²) in [4.78, 5) is 24.4. The lowest BCUT2D eigenvalue weighted by atomic mass is 9.94. The number of hydrogen-bond donors (Lipinski definition) is 1. The molecule has 1 aliphatic carbocycles. The van der Waals surface area contributed by atoms with Crippen LogP contribution in [0, 0.1) is 0 Å². The normalized spacial score (nSPS) is 15.2. The Bertz CT molecular complexity index is 750. The number of rotatable bonds is 4. The van der Waals surface area contributed by atoms with E-state index in [1.807, 2.05) is 18.2 Å². The number of anilines is 1. The highest BCUT2D eigenvalue weighted by atomic mass is 35.5. The second-order valence-corrected chi connectivity index (χ2v) is 6.08. The molecular weight excluding hydrogens is 298 g/mol. The van der Waals surface area contributed by atoms with Crippen molar-refractivity contribution in [3.8, 4) is 0 Å². The van der Waals surface area contributed by atoms with Gasteiger partial charge in [0.05, 0.1) is 11.1 Å². The zero-order valence-corrected chi connectivity index (χ0v) is 13.0. The Hall–Kier alpha value is -2.13. The summed E-state index contributed by atoms with van der Waals surface area (Å²) in [5.74, 6) is -0.146. The average Bonchev–Trinajstić information content (AvgIpc) is 3.29. The van der Waals surface area contributed by atoms with Crippen LogP contribution in [0.3, 0.4) is 0 Å². The molecule has 3 nitrogen and oxygen atoms in total. The summed E-state index contributed by atoms with van der Waals surface area (Å²) < 4.78 is 0. The first-order valence-corrected chi connectivity index (χ1v) is 7.58. The Balaban J connectivity index is 1.88. The average molecular weight is 314 g/mol. The van der Waals surface area contributed by atoms with Gasteiger partial charge < -0.3 is 5.32 Å². The van der Waals surface area contributed by atoms with Gasteiger partial charge in [0.1, 0.15) is 0 Å². The van der Waals surface area contributed by atoms with Gasteiger partial charge in [0.15, 0.2) is 5.78 Å². The minimum atomic E-state index is -0.519. The van der Waals surface area contributed by atoms with E-state index in [9.17, 15) is 9.59 Å². The van der Waals surface area contributed by atoms with Gasteiger partial charge in [-0.3, -0.25) is 9.59 Å². The van der Waals surface area contributed by atoms with E-state index < -0.39 is 5.41 Å². The number of nitrogens with one attached hydrogen (secondary N) is 1. The number of halogens is 1. The largest absolute Gasteiger partial charge is 0.325 e. The standard InChI is InChI=1S/C18H16ClNO2/c1-12(21)15-7-2-3-8-16(15)20-17(22)18(9-10-18)13-5-4-6-14(19)11-13/h2-8,11H,9-10H2,1H3,(H,20,22). The van der Waals surface area contributed by atoms with Crippen LogP contribution in [0.25, 0.3) is 0 Å². The molecule has 0 heterocycles. The lowest BCUT2D eigenvalue weighted by Gasteiger charge is -2.17. The van der Waals surface area contributed by atoms with Crippen molar-refractivity contribution < 1.29 is 9.59 Å². The maximum absolute atomic E-state index is 12.7. The summed E-state index contributed by atoms with van der Waals surface area (Å²) in [7, 11) is 0. The van der Waals surface area contributed by atoms with Crippen LogP contribution in [-0.2, 0) is 10.2 Å². The van der Waals surface area contributed by atoms with E-state index in [1.165, 1.54) is 6.92 Å². The molecule has 0 atom stereocenters. The van der Waals surface area contributed by atoms with Crippen LogP contribution in [-0.4, -0.2) is 11.7 Å². The molecule has 2 aromatic carbocycles. The summed E-state index contributed by atoms with van der Waals surface area (Å²) in [6.07, 6.45) is 1.59. The van der Waals surface area contributed by atoms with Crippen LogP contribution in [0.1, 0.15) is 35.7 Å².